The number of nitrogens with zero attached hydrogens (tertiary/aromatic N) is 1. The molecule has 1 unspecified atom stereocenters. The van der Waals surface area contributed by atoms with Gasteiger partial charge in [0.15, 0.2) is 5.78 Å². The van der Waals surface area contributed by atoms with Gasteiger partial charge in [-0.1, -0.05) is 19.1 Å². The topological polar surface area (TPSA) is 89.5 Å². The number of ketones is 1. The number of allylic oxidation sites excluding steroid dienone is 1. The fraction of sp³-hybridized carbons (Fsp3) is 0.450. The third-order valence-corrected chi connectivity index (χ3v) is 6.81. The van der Waals surface area contributed by atoms with Crippen LogP contribution in [-0.4, -0.2) is 34.1 Å². The van der Waals surface area contributed by atoms with Gasteiger partial charge in [-0.3, -0.25) is 14.4 Å². The van der Waals surface area contributed by atoms with E-state index in [0.29, 0.717) is 0 Å². The SMILES string of the molecule is C/C([O-])=C1\C(=O)[C@@H]2[C@H]3C4C(=O)Nc5cccc(c54)C[C@H]3C(C)(C)N2C1=O. The number of carbonyl (C=O) groups is 3. The van der Waals surface area contributed by atoms with Gasteiger partial charge >= 0.3 is 0 Å². The predicted molar refractivity (Wildman–Crippen MR) is 90.9 cm³/mol. The normalized spacial score (nSPS) is 35.2. The van der Waals surface area contributed by atoms with Crippen molar-refractivity contribution in [3.05, 3.63) is 40.7 Å². The minimum absolute atomic E-state index is 0.00879. The molecule has 2 fully saturated rings. The molecule has 3 aliphatic heterocycles. The molecule has 2 saturated heterocycles. The zero-order chi connectivity index (χ0) is 18.5. The van der Waals surface area contributed by atoms with Gasteiger partial charge < -0.3 is 15.3 Å². The van der Waals surface area contributed by atoms with E-state index in [0.717, 1.165) is 23.2 Å². The number of hydrogen-bond acceptors (Lipinski definition) is 4. The van der Waals surface area contributed by atoms with Crippen LogP contribution in [-0.2, 0) is 20.8 Å². The first-order chi connectivity index (χ1) is 12.2. The van der Waals surface area contributed by atoms with Gasteiger partial charge in [0, 0.05) is 17.1 Å². The zero-order valence-corrected chi connectivity index (χ0v) is 14.8. The molecule has 0 saturated carbocycles. The Morgan fingerprint density at radius 1 is 1.27 bits per heavy atom. The monoisotopic (exact) mass is 351 g/mol. The lowest BCUT2D eigenvalue weighted by molar-refractivity contribution is -0.302. The van der Waals surface area contributed by atoms with E-state index in [-0.39, 0.29) is 23.3 Å². The third-order valence-electron chi connectivity index (χ3n) is 6.81. The summed E-state index contributed by atoms with van der Waals surface area (Å²) < 4.78 is 0. The van der Waals surface area contributed by atoms with Crippen molar-refractivity contribution in [3.63, 3.8) is 0 Å². The highest BCUT2D eigenvalue weighted by Gasteiger charge is 2.67. The van der Waals surface area contributed by atoms with E-state index < -0.39 is 34.9 Å². The molecule has 4 aliphatic rings. The van der Waals surface area contributed by atoms with Crippen molar-refractivity contribution in [2.45, 2.75) is 44.7 Å². The van der Waals surface area contributed by atoms with Gasteiger partial charge in [0.2, 0.25) is 5.91 Å². The molecule has 1 aromatic rings. The van der Waals surface area contributed by atoms with E-state index in [1.807, 2.05) is 32.0 Å². The quantitative estimate of drug-likeness (QED) is 0.424. The van der Waals surface area contributed by atoms with Crippen LogP contribution in [0.15, 0.2) is 29.5 Å². The maximum Gasteiger partial charge on any atom is 0.257 e. The minimum atomic E-state index is -0.726. The first-order valence-corrected chi connectivity index (χ1v) is 8.93. The summed E-state index contributed by atoms with van der Waals surface area (Å²) in [7, 11) is 0. The van der Waals surface area contributed by atoms with Crippen LogP contribution in [0, 0.1) is 11.8 Å². The fourth-order valence-electron chi connectivity index (χ4n) is 5.79. The van der Waals surface area contributed by atoms with E-state index in [2.05, 4.69) is 5.32 Å². The molecule has 0 aromatic heterocycles. The van der Waals surface area contributed by atoms with E-state index in [1.165, 1.54) is 6.92 Å². The highest BCUT2D eigenvalue weighted by molar-refractivity contribution is 6.27. The minimum Gasteiger partial charge on any atom is -0.875 e. The molecule has 134 valence electrons. The molecular formula is C20H19N2O4-. The molecule has 4 atom stereocenters. The summed E-state index contributed by atoms with van der Waals surface area (Å²) >= 11 is 0. The molecule has 6 heteroatoms. The number of amides is 2. The summed E-state index contributed by atoms with van der Waals surface area (Å²) in [6.45, 7) is 5.15. The van der Waals surface area contributed by atoms with Crippen LogP contribution in [0.25, 0.3) is 0 Å². The highest BCUT2D eigenvalue weighted by atomic mass is 16.3. The van der Waals surface area contributed by atoms with Crippen molar-refractivity contribution in [2.24, 2.45) is 11.8 Å². The Labute approximate surface area is 150 Å². The summed E-state index contributed by atoms with van der Waals surface area (Å²) in [5.74, 6) is -2.25. The molecule has 2 amide bonds. The van der Waals surface area contributed by atoms with Gasteiger partial charge in [0.05, 0.1) is 11.5 Å². The smallest absolute Gasteiger partial charge is 0.257 e. The molecule has 0 spiro atoms. The molecule has 0 radical (unpaired) electrons. The summed E-state index contributed by atoms with van der Waals surface area (Å²) in [6, 6.07) is 5.11. The lowest BCUT2D eigenvalue weighted by Gasteiger charge is -2.39. The van der Waals surface area contributed by atoms with Crippen LogP contribution in [0.5, 0.6) is 0 Å². The molecule has 6 nitrogen and oxygen atoms in total. The largest absolute Gasteiger partial charge is 0.875 e. The van der Waals surface area contributed by atoms with E-state index in [9.17, 15) is 19.5 Å². The summed E-state index contributed by atoms with van der Waals surface area (Å²) in [4.78, 5) is 40.3. The summed E-state index contributed by atoms with van der Waals surface area (Å²) in [5.41, 5.74) is 2.04. The Bertz CT molecular complexity index is 941. The van der Waals surface area contributed by atoms with Gasteiger partial charge in [0.1, 0.15) is 6.04 Å². The van der Waals surface area contributed by atoms with Crippen molar-refractivity contribution in [1.29, 1.82) is 0 Å². The third kappa shape index (κ3) is 1.56. The number of nitrogens with one attached hydrogen (secondary N) is 1. The Kier molecular flexibility index (Phi) is 2.73. The van der Waals surface area contributed by atoms with Gasteiger partial charge in [-0.2, -0.15) is 0 Å². The number of rotatable bonds is 0. The number of anilines is 1. The maximum absolute atomic E-state index is 13.0. The van der Waals surface area contributed by atoms with E-state index in [4.69, 9.17) is 0 Å². The second kappa shape index (κ2) is 4.55. The fourth-order valence-corrected chi connectivity index (χ4v) is 5.79. The average Bonchev–Trinajstić information content (AvgIpc) is 3.11. The Morgan fingerprint density at radius 3 is 2.69 bits per heavy atom. The molecule has 1 aromatic carbocycles. The molecule has 1 N–H and O–H groups in total. The van der Waals surface area contributed by atoms with Crippen LogP contribution < -0.4 is 10.4 Å². The average molecular weight is 351 g/mol. The van der Waals surface area contributed by atoms with Crippen LogP contribution in [0.2, 0.25) is 0 Å². The number of carbonyl (C=O) groups excluding carboxylic acids is 3. The first-order valence-electron chi connectivity index (χ1n) is 8.93. The molecule has 1 aliphatic carbocycles. The lowest BCUT2D eigenvalue weighted by atomic mass is 9.64. The van der Waals surface area contributed by atoms with Gasteiger partial charge in [-0.25, -0.2) is 0 Å². The van der Waals surface area contributed by atoms with Crippen LogP contribution in [0.4, 0.5) is 5.69 Å². The molecule has 26 heavy (non-hydrogen) atoms. The maximum atomic E-state index is 13.0. The molecular weight excluding hydrogens is 332 g/mol. The number of benzene rings is 1. The second-order valence-electron chi connectivity index (χ2n) is 8.30. The van der Waals surface area contributed by atoms with E-state index >= 15 is 0 Å². The van der Waals surface area contributed by atoms with Gasteiger partial charge in [0.25, 0.3) is 5.91 Å². The second-order valence-corrected chi connectivity index (χ2v) is 8.30. The number of hydrogen-bond donors (Lipinski definition) is 1. The van der Waals surface area contributed by atoms with E-state index in [1.54, 1.807) is 4.90 Å². The lowest BCUT2D eigenvalue weighted by Crippen LogP contribution is -2.46. The Hall–Kier alpha value is -2.63. The van der Waals surface area contributed by atoms with Crippen molar-refractivity contribution < 1.29 is 19.5 Å². The highest BCUT2D eigenvalue weighted by Crippen LogP contribution is 2.59. The number of Topliss-reactive ketones (excluding diaryl/α,β-unsaturated/α-hetero) is 1. The zero-order valence-electron chi connectivity index (χ0n) is 14.8. The summed E-state index contributed by atoms with van der Waals surface area (Å²) in [6.07, 6.45) is 0.718. The Morgan fingerprint density at radius 2 is 2.00 bits per heavy atom. The standard InChI is InChI=1S/C20H20N2O4/c1-8(23)12-17(24)16-14-10(20(2,3)22(16)19(12)26)7-9-5-4-6-11-13(9)15(14)18(25)21-11/h4-6,10,14-16,23H,7H2,1-3H3,(H,21,25)/p-1/b12-8-/t10-,14-,15?,16+/m1/s1. The van der Waals surface area contributed by atoms with Crippen LogP contribution in [0.1, 0.15) is 37.8 Å². The van der Waals surface area contributed by atoms with Gasteiger partial charge in [-0.05, 0) is 43.4 Å². The predicted octanol–water partition coefficient (Wildman–Crippen LogP) is 0.717. The summed E-state index contributed by atoms with van der Waals surface area (Å²) in [5, 5.41) is 14.8. The van der Waals surface area contributed by atoms with Crippen molar-refractivity contribution in [3.8, 4) is 0 Å². The van der Waals surface area contributed by atoms with Crippen LogP contribution in [0.3, 0.4) is 0 Å². The van der Waals surface area contributed by atoms with Crippen molar-refractivity contribution in [2.75, 3.05) is 5.32 Å². The van der Waals surface area contributed by atoms with Crippen molar-refractivity contribution in [1.82, 2.24) is 4.90 Å². The Balaban J connectivity index is 1.74. The first kappa shape index (κ1) is 15.6. The molecule has 5 rings (SSSR count). The molecule has 0 bridgehead atoms. The van der Waals surface area contributed by atoms with Crippen LogP contribution >= 0.6 is 0 Å². The van der Waals surface area contributed by atoms with Gasteiger partial charge in [-0.15, -0.1) is 5.76 Å². The number of fused-ring (bicyclic) bond motifs is 4. The molecule has 3 heterocycles. The van der Waals surface area contributed by atoms with Crippen molar-refractivity contribution >= 4 is 23.3 Å².